The van der Waals surface area contributed by atoms with E-state index in [1.54, 1.807) is 12.1 Å². The number of carbonyl (C=O) groups excluding carboxylic acids is 2. The van der Waals surface area contributed by atoms with E-state index in [2.05, 4.69) is 46.0 Å². The van der Waals surface area contributed by atoms with Crippen molar-refractivity contribution in [2.45, 2.75) is 118 Å². The lowest BCUT2D eigenvalue weighted by Crippen LogP contribution is -2.65. The van der Waals surface area contributed by atoms with Crippen LogP contribution < -0.4 is 5.32 Å². The zero-order valence-corrected chi connectivity index (χ0v) is 30.3. The number of aromatic carboxylic acids is 1. The van der Waals surface area contributed by atoms with E-state index >= 15 is 0 Å². The summed E-state index contributed by atoms with van der Waals surface area (Å²) < 4.78 is 0. The number of rotatable bonds is 7. The number of nitrogens with one attached hydrogen (secondary N) is 1. The highest BCUT2D eigenvalue weighted by molar-refractivity contribution is 5.88. The minimum Gasteiger partial charge on any atom is -0.478 e. The standard InChI is InChI=1S/C42H60N2O4/c1-38(2)31(28-8-10-29(11-9-28)37(47)48)14-20-39(3)34(38)15-21-41(5)35(39)13-12-32-33-7-6-19-42(33,23-22-40(32,41)4)27-43-24-16-36(46)44-25-17-30(45)18-26-44/h8-11,14,32-35,43H,6-7,12-13,15-27H2,1-5H3,(H,47,48)/t32?,33?,34?,35?,39?,40-,41?,42?/m1/s1. The molecule has 1 amide bonds. The average Bonchev–Trinajstić information content (AvgIpc) is 3.48. The molecule has 6 aliphatic rings. The quantitative estimate of drug-likeness (QED) is 0.288. The highest BCUT2D eigenvalue weighted by Gasteiger charge is 2.69. The Hall–Kier alpha value is -2.47. The van der Waals surface area contributed by atoms with Gasteiger partial charge in [-0.2, -0.15) is 0 Å². The summed E-state index contributed by atoms with van der Waals surface area (Å²) in [6.07, 6.45) is 17.2. The Morgan fingerprint density at radius 2 is 1.58 bits per heavy atom. The van der Waals surface area contributed by atoms with Crippen molar-refractivity contribution in [1.82, 2.24) is 10.2 Å². The summed E-state index contributed by atoms with van der Waals surface area (Å²) in [5.41, 5.74) is 4.28. The fourth-order valence-electron chi connectivity index (χ4n) is 13.6. The Morgan fingerprint density at radius 1 is 0.854 bits per heavy atom. The van der Waals surface area contributed by atoms with Crippen LogP contribution in [0.1, 0.15) is 134 Å². The number of carbonyl (C=O) groups is 3. The third kappa shape index (κ3) is 5.16. The molecule has 0 aromatic heterocycles. The molecule has 6 heteroatoms. The summed E-state index contributed by atoms with van der Waals surface area (Å²) >= 11 is 0. The van der Waals surface area contributed by atoms with Gasteiger partial charge < -0.3 is 15.3 Å². The first-order chi connectivity index (χ1) is 22.8. The number of hydrogen-bond acceptors (Lipinski definition) is 4. The molecular weight excluding hydrogens is 596 g/mol. The Morgan fingerprint density at radius 3 is 2.29 bits per heavy atom. The second-order valence-electron chi connectivity index (χ2n) is 18.3. The van der Waals surface area contributed by atoms with Crippen molar-refractivity contribution < 1.29 is 19.5 Å². The molecule has 0 spiro atoms. The van der Waals surface area contributed by atoms with Crippen molar-refractivity contribution in [3.05, 3.63) is 41.5 Å². The van der Waals surface area contributed by atoms with Crippen molar-refractivity contribution >= 4 is 23.2 Å². The molecule has 5 fully saturated rings. The van der Waals surface area contributed by atoms with Gasteiger partial charge in [-0.1, -0.05) is 59.2 Å². The lowest BCUT2D eigenvalue weighted by molar-refractivity contribution is -0.222. The fraction of sp³-hybridized carbons (Fsp3) is 0.738. The van der Waals surface area contributed by atoms with E-state index in [0.717, 1.165) is 31.3 Å². The molecule has 1 heterocycles. The molecule has 1 aromatic carbocycles. The van der Waals surface area contributed by atoms with Crippen LogP contribution in [-0.4, -0.2) is 53.8 Å². The third-order valence-electron chi connectivity index (χ3n) is 16.2. The number of Topliss-reactive ketones (excluding diaryl/α,β-unsaturated/α-hetero) is 1. The van der Waals surface area contributed by atoms with Gasteiger partial charge in [-0.25, -0.2) is 4.79 Å². The zero-order chi connectivity index (χ0) is 34.1. The van der Waals surface area contributed by atoms with Crippen LogP contribution in [0, 0.1) is 50.7 Å². The lowest BCUT2D eigenvalue weighted by atomic mass is 9.32. The van der Waals surface area contributed by atoms with E-state index in [4.69, 9.17) is 0 Å². The number of benzene rings is 1. The van der Waals surface area contributed by atoms with E-state index < -0.39 is 5.97 Å². The predicted octanol–water partition coefficient (Wildman–Crippen LogP) is 8.40. The number of carboxylic acid groups (broad SMARTS) is 1. The minimum atomic E-state index is -0.865. The van der Waals surface area contributed by atoms with Gasteiger partial charge in [0.2, 0.25) is 5.91 Å². The number of piperidine rings is 1. The highest BCUT2D eigenvalue weighted by atomic mass is 16.4. The van der Waals surface area contributed by atoms with Crippen molar-refractivity contribution in [2.75, 3.05) is 26.2 Å². The number of carboxylic acids is 1. The van der Waals surface area contributed by atoms with Gasteiger partial charge >= 0.3 is 5.97 Å². The van der Waals surface area contributed by atoms with Gasteiger partial charge in [-0.15, -0.1) is 0 Å². The molecule has 0 radical (unpaired) electrons. The van der Waals surface area contributed by atoms with Crippen molar-refractivity contribution in [1.29, 1.82) is 0 Å². The molecule has 2 N–H and O–H groups in total. The summed E-state index contributed by atoms with van der Waals surface area (Å²) in [5, 5.41) is 13.3. The van der Waals surface area contributed by atoms with E-state index in [-0.39, 0.29) is 22.5 Å². The molecule has 7 unspecified atom stereocenters. The maximum Gasteiger partial charge on any atom is 0.335 e. The molecule has 5 aliphatic carbocycles. The summed E-state index contributed by atoms with van der Waals surface area (Å²) in [5.74, 6) is 2.49. The van der Waals surface area contributed by atoms with Crippen LogP contribution in [0.15, 0.2) is 30.3 Å². The normalized spacial score (nSPS) is 40.2. The molecule has 1 saturated heterocycles. The van der Waals surface area contributed by atoms with Gasteiger partial charge in [0.25, 0.3) is 0 Å². The van der Waals surface area contributed by atoms with Crippen molar-refractivity contribution in [2.24, 2.45) is 50.7 Å². The Balaban J connectivity index is 1.06. The predicted molar refractivity (Wildman–Crippen MR) is 190 cm³/mol. The highest BCUT2D eigenvalue weighted by Crippen LogP contribution is 2.77. The van der Waals surface area contributed by atoms with Gasteiger partial charge in [0.05, 0.1) is 5.56 Å². The first-order valence-corrected chi connectivity index (χ1v) is 19.3. The molecule has 7 rings (SSSR count). The summed E-state index contributed by atoms with van der Waals surface area (Å²) in [6, 6.07) is 7.59. The maximum absolute atomic E-state index is 12.8. The van der Waals surface area contributed by atoms with Crippen LogP contribution in [0.2, 0.25) is 0 Å². The van der Waals surface area contributed by atoms with E-state index in [0.29, 0.717) is 66.0 Å². The molecule has 0 bridgehead atoms. The topological polar surface area (TPSA) is 86.7 Å². The van der Waals surface area contributed by atoms with Gasteiger partial charge in [0, 0.05) is 45.4 Å². The molecule has 4 saturated carbocycles. The summed E-state index contributed by atoms with van der Waals surface area (Å²) in [7, 11) is 0. The molecule has 6 nitrogen and oxygen atoms in total. The largest absolute Gasteiger partial charge is 0.478 e. The molecule has 1 aliphatic heterocycles. The van der Waals surface area contributed by atoms with Gasteiger partial charge in [-0.05, 0) is 132 Å². The zero-order valence-electron chi connectivity index (χ0n) is 30.3. The smallest absolute Gasteiger partial charge is 0.335 e. The molecule has 1 aromatic rings. The number of nitrogens with zero attached hydrogens (tertiary/aromatic N) is 1. The van der Waals surface area contributed by atoms with E-state index in [1.165, 1.54) is 68.9 Å². The molecule has 48 heavy (non-hydrogen) atoms. The molecule has 8 atom stereocenters. The maximum atomic E-state index is 12.8. The molecular formula is C42H60N2O4. The first-order valence-electron chi connectivity index (χ1n) is 19.3. The Bertz CT molecular complexity index is 1470. The van der Waals surface area contributed by atoms with Crippen LogP contribution in [0.3, 0.4) is 0 Å². The van der Waals surface area contributed by atoms with Crippen LogP contribution in [0.25, 0.3) is 5.57 Å². The summed E-state index contributed by atoms with van der Waals surface area (Å²) in [6.45, 7) is 16.0. The van der Waals surface area contributed by atoms with Crippen molar-refractivity contribution in [3.8, 4) is 0 Å². The SMILES string of the molecule is CC1(C)C(c2ccc(C(=O)O)cc2)=CCC2(C)C1CCC1(C)C2CCC2C3CCCC3(CNCCC(=O)N3CCC(=O)CC3)CC[C@]21C. The second-order valence-corrected chi connectivity index (χ2v) is 18.3. The van der Waals surface area contributed by atoms with E-state index in [9.17, 15) is 19.5 Å². The first kappa shape index (κ1) is 34.0. The fourth-order valence-corrected chi connectivity index (χ4v) is 13.6. The number of fused-ring (bicyclic) bond motifs is 7. The van der Waals surface area contributed by atoms with E-state index in [1.807, 2.05) is 17.0 Å². The van der Waals surface area contributed by atoms with Gasteiger partial charge in [-0.3, -0.25) is 9.59 Å². The lowest BCUT2D eigenvalue weighted by Gasteiger charge is -2.72. The number of allylic oxidation sites excluding steroid dienone is 2. The van der Waals surface area contributed by atoms with Crippen LogP contribution in [-0.2, 0) is 9.59 Å². The average molecular weight is 657 g/mol. The minimum absolute atomic E-state index is 0.0302. The van der Waals surface area contributed by atoms with Gasteiger partial charge in [0.15, 0.2) is 0 Å². The monoisotopic (exact) mass is 656 g/mol. The third-order valence-corrected chi connectivity index (χ3v) is 16.2. The van der Waals surface area contributed by atoms with Crippen LogP contribution >= 0.6 is 0 Å². The second kappa shape index (κ2) is 12.1. The Labute approximate surface area is 288 Å². The van der Waals surface area contributed by atoms with Crippen LogP contribution in [0.4, 0.5) is 0 Å². The number of amides is 1. The number of hydrogen-bond donors (Lipinski definition) is 2. The Kier molecular flexibility index (Phi) is 8.57. The molecule has 262 valence electrons. The van der Waals surface area contributed by atoms with Gasteiger partial charge in [0.1, 0.15) is 5.78 Å². The number of ketones is 1. The number of likely N-dealkylation sites (tertiary alicyclic amines) is 1. The van der Waals surface area contributed by atoms with Crippen molar-refractivity contribution in [3.63, 3.8) is 0 Å². The summed E-state index contributed by atoms with van der Waals surface area (Å²) in [4.78, 5) is 37.8. The van der Waals surface area contributed by atoms with Crippen LogP contribution in [0.5, 0.6) is 0 Å².